The highest BCUT2D eigenvalue weighted by Crippen LogP contribution is 2.27. The molecule has 2 nitrogen and oxygen atoms in total. The Hall–Kier alpha value is -1.32. The van der Waals surface area contributed by atoms with E-state index in [1.54, 1.807) is 11.8 Å². The zero-order valence-electron chi connectivity index (χ0n) is 12.6. The molecule has 0 saturated carbocycles. The van der Waals surface area contributed by atoms with Crippen LogP contribution < -0.4 is 5.32 Å². The molecule has 0 unspecified atom stereocenters. The third-order valence-corrected chi connectivity index (χ3v) is 3.92. The summed E-state index contributed by atoms with van der Waals surface area (Å²) in [6.07, 6.45) is 1.83. The molecule has 1 N–H and O–H groups in total. The number of benzene rings is 1. The van der Waals surface area contributed by atoms with Crippen LogP contribution in [0.5, 0.6) is 0 Å². The number of rotatable bonds is 4. The van der Waals surface area contributed by atoms with Crippen molar-refractivity contribution in [2.24, 2.45) is 0 Å². The van der Waals surface area contributed by atoms with E-state index in [1.807, 2.05) is 24.4 Å². The van der Waals surface area contributed by atoms with E-state index in [2.05, 4.69) is 56.2 Å². The molecule has 0 aliphatic heterocycles. The van der Waals surface area contributed by atoms with Crippen molar-refractivity contribution in [3.63, 3.8) is 0 Å². The lowest BCUT2D eigenvalue weighted by Gasteiger charge is -2.21. The summed E-state index contributed by atoms with van der Waals surface area (Å²) in [6.45, 7) is 9.64. The lowest BCUT2D eigenvalue weighted by atomic mass is 10.1. The summed E-state index contributed by atoms with van der Waals surface area (Å²) in [5, 5.41) is 4.56. The van der Waals surface area contributed by atoms with Crippen LogP contribution in [0, 0.1) is 6.92 Å². The fourth-order valence-corrected chi connectivity index (χ4v) is 2.69. The van der Waals surface area contributed by atoms with Gasteiger partial charge in [0.05, 0.1) is 0 Å². The Morgan fingerprint density at radius 2 is 1.95 bits per heavy atom. The molecular weight excluding hydrogens is 264 g/mol. The molecular formula is C17H22N2S. The van der Waals surface area contributed by atoms with E-state index < -0.39 is 0 Å². The normalized spacial score (nSPS) is 11.6. The molecule has 0 aliphatic rings. The van der Waals surface area contributed by atoms with Crippen molar-refractivity contribution >= 4 is 11.8 Å². The molecule has 1 aromatic carbocycles. The monoisotopic (exact) mass is 286 g/mol. The quantitative estimate of drug-likeness (QED) is 0.900. The van der Waals surface area contributed by atoms with Crippen LogP contribution in [0.2, 0.25) is 0 Å². The summed E-state index contributed by atoms with van der Waals surface area (Å²) in [5.74, 6) is 0. The first-order chi connectivity index (χ1) is 9.44. The van der Waals surface area contributed by atoms with Gasteiger partial charge < -0.3 is 5.32 Å². The highest BCUT2D eigenvalue weighted by Gasteiger charge is 2.09. The number of aryl methyl sites for hydroxylation is 1. The Morgan fingerprint density at radius 1 is 1.15 bits per heavy atom. The van der Waals surface area contributed by atoms with E-state index in [0.717, 1.165) is 11.6 Å². The Bertz CT molecular complexity index is 559. The Balaban J connectivity index is 2.06. The molecule has 106 valence electrons. The van der Waals surface area contributed by atoms with Crippen molar-refractivity contribution in [3.8, 4) is 0 Å². The number of hydrogen-bond donors (Lipinski definition) is 1. The Kier molecular flexibility index (Phi) is 4.84. The fourth-order valence-electron chi connectivity index (χ4n) is 1.82. The smallest absolute Gasteiger partial charge is 0.101 e. The van der Waals surface area contributed by atoms with Gasteiger partial charge in [0, 0.05) is 23.2 Å². The average Bonchev–Trinajstić information content (AvgIpc) is 2.38. The van der Waals surface area contributed by atoms with Crippen LogP contribution in [0.4, 0.5) is 0 Å². The second-order valence-electron chi connectivity index (χ2n) is 5.96. The summed E-state index contributed by atoms with van der Waals surface area (Å²) < 4.78 is 0. The maximum atomic E-state index is 4.35. The van der Waals surface area contributed by atoms with E-state index in [4.69, 9.17) is 0 Å². The minimum Gasteiger partial charge on any atom is -0.308 e. The molecule has 0 amide bonds. The van der Waals surface area contributed by atoms with Crippen molar-refractivity contribution in [1.29, 1.82) is 0 Å². The van der Waals surface area contributed by atoms with Crippen molar-refractivity contribution in [1.82, 2.24) is 10.3 Å². The predicted molar refractivity (Wildman–Crippen MR) is 86.1 cm³/mol. The topological polar surface area (TPSA) is 24.9 Å². The highest BCUT2D eigenvalue weighted by molar-refractivity contribution is 7.99. The SMILES string of the molecule is Cc1cc(Sc2ccccn2)ccc1CNC(C)(C)C. The van der Waals surface area contributed by atoms with E-state index in [1.165, 1.54) is 16.0 Å². The van der Waals surface area contributed by atoms with Gasteiger partial charge in [-0.25, -0.2) is 4.98 Å². The lowest BCUT2D eigenvalue weighted by molar-refractivity contribution is 0.424. The molecule has 20 heavy (non-hydrogen) atoms. The Labute approximate surface area is 126 Å². The zero-order chi connectivity index (χ0) is 14.6. The molecule has 0 saturated heterocycles. The minimum atomic E-state index is 0.147. The highest BCUT2D eigenvalue weighted by atomic mass is 32.2. The van der Waals surface area contributed by atoms with Crippen molar-refractivity contribution in [2.75, 3.05) is 0 Å². The molecule has 0 atom stereocenters. The van der Waals surface area contributed by atoms with Crippen LogP contribution in [0.1, 0.15) is 31.9 Å². The standard InChI is InChI=1S/C17H22N2S/c1-13-11-15(20-16-7-5-6-10-18-16)9-8-14(13)12-19-17(2,3)4/h5-11,19H,12H2,1-4H3. The number of hydrogen-bond acceptors (Lipinski definition) is 3. The van der Waals surface area contributed by atoms with Gasteiger partial charge in [-0.3, -0.25) is 0 Å². The van der Waals surface area contributed by atoms with Crippen LogP contribution in [0.25, 0.3) is 0 Å². The first-order valence-electron chi connectivity index (χ1n) is 6.87. The van der Waals surface area contributed by atoms with E-state index in [-0.39, 0.29) is 5.54 Å². The zero-order valence-corrected chi connectivity index (χ0v) is 13.4. The minimum absolute atomic E-state index is 0.147. The molecule has 0 bridgehead atoms. The summed E-state index contributed by atoms with van der Waals surface area (Å²) in [7, 11) is 0. The van der Waals surface area contributed by atoms with E-state index >= 15 is 0 Å². The maximum Gasteiger partial charge on any atom is 0.101 e. The van der Waals surface area contributed by atoms with Gasteiger partial charge in [0.1, 0.15) is 5.03 Å². The molecule has 2 aromatic rings. The van der Waals surface area contributed by atoms with Crippen molar-refractivity contribution in [3.05, 3.63) is 53.7 Å². The predicted octanol–water partition coefficient (Wildman–Crippen LogP) is 4.43. The second-order valence-corrected chi connectivity index (χ2v) is 7.06. The molecule has 0 radical (unpaired) electrons. The second kappa shape index (κ2) is 6.42. The maximum absolute atomic E-state index is 4.35. The van der Waals surface area contributed by atoms with Gasteiger partial charge in [-0.1, -0.05) is 23.9 Å². The molecule has 1 aromatic heterocycles. The first kappa shape index (κ1) is 15.1. The fraction of sp³-hybridized carbons (Fsp3) is 0.353. The van der Waals surface area contributed by atoms with Gasteiger partial charge in [0.2, 0.25) is 0 Å². The third-order valence-electron chi connectivity index (χ3n) is 2.98. The molecule has 0 fully saturated rings. The molecule has 0 spiro atoms. The van der Waals surface area contributed by atoms with E-state index in [0.29, 0.717) is 0 Å². The number of pyridine rings is 1. The summed E-state index contributed by atoms with van der Waals surface area (Å²) in [5.41, 5.74) is 2.82. The summed E-state index contributed by atoms with van der Waals surface area (Å²) in [6, 6.07) is 12.6. The van der Waals surface area contributed by atoms with Gasteiger partial charge in [0.25, 0.3) is 0 Å². The average molecular weight is 286 g/mol. The summed E-state index contributed by atoms with van der Waals surface area (Å²) in [4.78, 5) is 5.58. The van der Waals surface area contributed by atoms with Crippen LogP contribution in [-0.2, 0) is 6.54 Å². The number of nitrogens with one attached hydrogen (secondary N) is 1. The molecule has 2 rings (SSSR count). The number of nitrogens with zero attached hydrogens (tertiary/aromatic N) is 1. The third kappa shape index (κ3) is 4.66. The first-order valence-corrected chi connectivity index (χ1v) is 7.69. The van der Waals surface area contributed by atoms with Gasteiger partial charge in [-0.15, -0.1) is 0 Å². The van der Waals surface area contributed by atoms with Gasteiger partial charge in [-0.2, -0.15) is 0 Å². The van der Waals surface area contributed by atoms with Crippen molar-refractivity contribution < 1.29 is 0 Å². The largest absolute Gasteiger partial charge is 0.308 e. The molecule has 3 heteroatoms. The number of aromatic nitrogens is 1. The van der Waals surface area contributed by atoms with Gasteiger partial charge in [0.15, 0.2) is 0 Å². The summed E-state index contributed by atoms with van der Waals surface area (Å²) >= 11 is 1.70. The van der Waals surface area contributed by atoms with Crippen LogP contribution in [-0.4, -0.2) is 10.5 Å². The molecule has 0 aliphatic carbocycles. The Morgan fingerprint density at radius 3 is 2.55 bits per heavy atom. The lowest BCUT2D eigenvalue weighted by Crippen LogP contribution is -2.35. The van der Waals surface area contributed by atoms with E-state index in [9.17, 15) is 0 Å². The van der Waals surface area contributed by atoms with Gasteiger partial charge in [-0.05, 0) is 63.1 Å². The van der Waals surface area contributed by atoms with Crippen LogP contribution >= 0.6 is 11.8 Å². The molecule has 1 heterocycles. The van der Waals surface area contributed by atoms with Crippen LogP contribution in [0.15, 0.2) is 52.5 Å². The van der Waals surface area contributed by atoms with Crippen molar-refractivity contribution in [2.45, 2.75) is 49.7 Å². The van der Waals surface area contributed by atoms with Gasteiger partial charge >= 0.3 is 0 Å². The van der Waals surface area contributed by atoms with Crippen LogP contribution in [0.3, 0.4) is 0 Å².